The minimum atomic E-state index is -0.519. The zero-order valence-corrected chi connectivity index (χ0v) is 15.7. The van der Waals surface area contributed by atoms with Crippen molar-refractivity contribution in [2.75, 3.05) is 25.0 Å². The zero-order valence-electron chi connectivity index (χ0n) is 15.7. The van der Waals surface area contributed by atoms with Gasteiger partial charge in [-0.3, -0.25) is 14.9 Å². The van der Waals surface area contributed by atoms with Crippen molar-refractivity contribution in [1.29, 1.82) is 0 Å². The van der Waals surface area contributed by atoms with Gasteiger partial charge in [-0.2, -0.15) is 0 Å². The first-order chi connectivity index (χ1) is 14.0. The van der Waals surface area contributed by atoms with E-state index in [-0.39, 0.29) is 36.0 Å². The third-order valence-electron chi connectivity index (χ3n) is 4.57. The van der Waals surface area contributed by atoms with Crippen LogP contribution in [0.3, 0.4) is 0 Å². The number of anilines is 1. The lowest BCUT2D eigenvalue weighted by atomic mass is 10.1. The summed E-state index contributed by atoms with van der Waals surface area (Å²) in [6.07, 6.45) is 1.29. The molecule has 2 N–H and O–H groups in total. The number of benzene rings is 2. The molecule has 1 aliphatic rings. The quantitative estimate of drug-likeness (QED) is 0.574. The molecule has 29 heavy (non-hydrogen) atoms. The van der Waals surface area contributed by atoms with Crippen molar-refractivity contribution in [3.63, 3.8) is 0 Å². The van der Waals surface area contributed by atoms with Crippen molar-refractivity contribution in [2.24, 2.45) is 0 Å². The second-order valence-electron chi connectivity index (χ2n) is 6.67. The fourth-order valence-corrected chi connectivity index (χ4v) is 3.06. The number of likely N-dealkylation sites (tertiary alicyclic amines) is 1. The van der Waals surface area contributed by atoms with Crippen molar-refractivity contribution >= 4 is 23.3 Å². The molecule has 9 nitrogen and oxygen atoms in total. The summed E-state index contributed by atoms with van der Waals surface area (Å²) < 4.78 is 5.33. The van der Waals surface area contributed by atoms with Gasteiger partial charge in [-0.15, -0.1) is 0 Å². The molecule has 0 atom stereocenters. The molecule has 2 aromatic rings. The molecule has 0 spiro atoms. The Balaban J connectivity index is 1.40. The molecule has 1 fully saturated rings. The summed E-state index contributed by atoms with van der Waals surface area (Å²) in [5.74, 6) is -0.0366. The number of urea groups is 1. The number of nitro groups is 1. The summed E-state index contributed by atoms with van der Waals surface area (Å²) in [5, 5.41) is 16.5. The Labute approximate surface area is 167 Å². The Kier molecular flexibility index (Phi) is 6.62. The van der Waals surface area contributed by atoms with E-state index >= 15 is 0 Å². The molecule has 9 heteroatoms. The molecule has 0 aromatic heterocycles. The standard InChI is InChI=1S/C20H22N4O5/c25-19(14-29-18-8-4-7-17(13-18)24(27)28)21-16-9-11-23(12-10-16)20(26)22-15-5-2-1-3-6-15/h1-8,13,16H,9-12,14H2,(H,21,25)(H,22,26). The Morgan fingerprint density at radius 2 is 1.83 bits per heavy atom. The number of para-hydroxylation sites is 1. The molecule has 0 radical (unpaired) electrons. The van der Waals surface area contributed by atoms with Gasteiger partial charge in [0.2, 0.25) is 0 Å². The Morgan fingerprint density at radius 1 is 1.10 bits per heavy atom. The Bertz CT molecular complexity index is 866. The van der Waals surface area contributed by atoms with Crippen LogP contribution < -0.4 is 15.4 Å². The number of amides is 3. The zero-order chi connectivity index (χ0) is 20.6. The minimum Gasteiger partial charge on any atom is -0.484 e. The van der Waals surface area contributed by atoms with Crippen molar-refractivity contribution in [3.05, 3.63) is 64.7 Å². The molecule has 152 valence electrons. The van der Waals surface area contributed by atoms with Crippen molar-refractivity contribution in [2.45, 2.75) is 18.9 Å². The van der Waals surface area contributed by atoms with Crippen LogP contribution >= 0.6 is 0 Å². The van der Waals surface area contributed by atoms with Crippen LogP contribution in [0, 0.1) is 10.1 Å². The predicted molar refractivity (Wildman–Crippen MR) is 107 cm³/mol. The second kappa shape index (κ2) is 9.54. The number of nitrogens with one attached hydrogen (secondary N) is 2. The molecule has 2 aromatic carbocycles. The number of rotatable bonds is 6. The molecule has 0 bridgehead atoms. The van der Waals surface area contributed by atoms with E-state index in [0.717, 1.165) is 5.69 Å². The number of nitrogens with zero attached hydrogens (tertiary/aromatic N) is 2. The third kappa shape index (κ3) is 5.93. The van der Waals surface area contributed by atoms with Gasteiger partial charge in [0.25, 0.3) is 11.6 Å². The van der Waals surface area contributed by atoms with Crippen molar-refractivity contribution in [3.8, 4) is 5.75 Å². The fourth-order valence-electron chi connectivity index (χ4n) is 3.06. The topological polar surface area (TPSA) is 114 Å². The van der Waals surface area contributed by atoms with E-state index in [1.54, 1.807) is 11.0 Å². The average molecular weight is 398 g/mol. The van der Waals surface area contributed by atoms with E-state index in [1.807, 2.05) is 30.3 Å². The summed E-state index contributed by atoms with van der Waals surface area (Å²) >= 11 is 0. The highest BCUT2D eigenvalue weighted by Crippen LogP contribution is 2.19. The lowest BCUT2D eigenvalue weighted by Gasteiger charge is -2.32. The van der Waals surface area contributed by atoms with Crippen LogP contribution in [-0.2, 0) is 4.79 Å². The van der Waals surface area contributed by atoms with Gasteiger partial charge in [-0.25, -0.2) is 4.79 Å². The summed E-state index contributed by atoms with van der Waals surface area (Å²) in [4.78, 5) is 36.4. The SMILES string of the molecule is O=C(COc1cccc([N+](=O)[O-])c1)NC1CCN(C(=O)Nc2ccccc2)CC1. The number of piperidine rings is 1. The van der Waals surface area contributed by atoms with Gasteiger partial charge in [0.15, 0.2) is 6.61 Å². The predicted octanol–water partition coefficient (Wildman–Crippen LogP) is 2.79. The number of ether oxygens (including phenoxy) is 1. The number of hydrogen-bond acceptors (Lipinski definition) is 5. The van der Waals surface area contributed by atoms with Crippen LogP contribution in [0.25, 0.3) is 0 Å². The van der Waals surface area contributed by atoms with Gasteiger partial charge in [0, 0.05) is 30.9 Å². The molecule has 1 aliphatic heterocycles. The van der Waals surface area contributed by atoms with Gasteiger partial charge in [-0.05, 0) is 31.0 Å². The van der Waals surface area contributed by atoms with Crippen LogP contribution in [0.1, 0.15) is 12.8 Å². The van der Waals surface area contributed by atoms with Crippen LogP contribution in [0.2, 0.25) is 0 Å². The molecule has 1 saturated heterocycles. The van der Waals surface area contributed by atoms with E-state index in [9.17, 15) is 19.7 Å². The normalized spacial score (nSPS) is 14.1. The molecule has 0 unspecified atom stereocenters. The molecule has 3 rings (SSSR count). The highest BCUT2D eigenvalue weighted by atomic mass is 16.6. The number of hydrogen-bond donors (Lipinski definition) is 2. The largest absolute Gasteiger partial charge is 0.484 e. The van der Waals surface area contributed by atoms with E-state index in [0.29, 0.717) is 25.9 Å². The van der Waals surface area contributed by atoms with Crippen LogP contribution in [0.5, 0.6) is 5.75 Å². The maximum atomic E-state index is 12.3. The summed E-state index contributed by atoms with van der Waals surface area (Å²) in [7, 11) is 0. The molecular formula is C20H22N4O5. The maximum Gasteiger partial charge on any atom is 0.321 e. The molecule has 0 aliphatic carbocycles. The maximum absolute atomic E-state index is 12.3. The van der Waals surface area contributed by atoms with Gasteiger partial charge < -0.3 is 20.3 Å². The van der Waals surface area contributed by atoms with Gasteiger partial charge in [0.05, 0.1) is 11.0 Å². The van der Waals surface area contributed by atoms with Crippen LogP contribution in [-0.4, -0.2) is 47.5 Å². The third-order valence-corrected chi connectivity index (χ3v) is 4.57. The first-order valence-corrected chi connectivity index (χ1v) is 9.29. The lowest BCUT2D eigenvalue weighted by Crippen LogP contribution is -2.48. The van der Waals surface area contributed by atoms with Crippen molar-refractivity contribution in [1.82, 2.24) is 10.2 Å². The molecule has 3 amide bonds. The monoisotopic (exact) mass is 398 g/mol. The van der Waals surface area contributed by atoms with Gasteiger partial charge in [0.1, 0.15) is 5.75 Å². The number of carbonyl (C=O) groups is 2. The molecule has 1 heterocycles. The molecular weight excluding hydrogens is 376 g/mol. The van der Waals surface area contributed by atoms with Crippen LogP contribution in [0.15, 0.2) is 54.6 Å². The number of nitro benzene ring substituents is 1. The number of carbonyl (C=O) groups excluding carboxylic acids is 2. The van der Waals surface area contributed by atoms with Gasteiger partial charge in [-0.1, -0.05) is 24.3 Å². The first kappa shape index (κ1) is 20.1. The smallest absolute Gasteiger partial charge is 0.321 e. The minimum absolute atomic E-state index is 0.0445. The van der Waals surface area contributed by atoms with E-state index in [2.05, 4.69) is 10.6 Å². The van der Waals surface area contributed by atoms with E-state index in [1.165, 1.54) is 18.2 Å². The fraction of sp³-hybridized carbons (Fsp3) is 0.300. The Morgan fingerprint density at radius 3 is 2.52 bits per heavy atom. The van der Waals surface area contributed by atoms with Gasteiger partial charge >= 0.3 is 6.03 Å². The highest BCUT2D eigenvalue weighted by Gasteiger charge is 2.24. The summed E-state index contributed by atoms with van der Waals surface area (Å²) in [6.45, 7) is 0.848. The highest BCUT2D eigenvalue weighted by molar-refractivity contribution is 5.89. The second-order valence-corrected chi connectivity index (χ2v) is 6.67. The number of non-ortho nitro benzene ring substituents is 1. The summed E-state index contributed by atoms with van der Waals surface area (Å²) in [5.41, 5.74) is 0.648. The van der Waals surface area contributed by atoms with E-state index in [4.69, 9.17) is 4.74 Å². The molecule has 0 saturated carbocycles. The summed E-state index contributed by atoms with van der Waals surface area (Å²) in [6, 6.07) is 14.7. The average Bonchev–Trinajstić information content (AvgIpc) is 2.73. The van der Waals surface area contributed by atoms with E-state index < -0.39 is 4.92 Å². The van der Waals surface area contributed by atoms with Crippen molar-refractivity contribution < 1.29 is 19.2 Å². The Hall–Kier alpha value is -3.62. The first-order valence-electron chi connectivity index (χ1n) is 9.29. The van der Waals surface area contributed by atoms with Crippen LogP contribution in [0.4, 0.5) is 16.2 Å². The lowest BCUT2D eigenvalue weighted by molar-refractivity contribution is -0.384.